The first-order valence-corrected chi connectivity index (χ1v) is 22.5. The maximum absolute atomic E-state index is 16.4. The average Bonchev–Trinajstić information content (AvgIpc) is 4.12. The number of ether oxygens (including phenoxy) is 2. The normalized spacial score (nSPS) is 25.2. The van der Waals surface area contributed by atoms with Crippen molar-refractivity contribution in [2.45, 2.75) is 146 Å². The molecule has 1 aromatic heterocycles. The molecule has 0 spiro atoms. The molecule has 338 valence electrons. The molecule has 6 rings (SSSR count). The number of rotatable bonds is 17. The molecule has 2 heterocycles. The van der Waals surface area contributed by atoms with E-state index in [1.807, 2.05) is 4.72 Å². The number of nitrogens with one attached hydrogen (secondary N) is 3. The number of unbranched alkanes of at least 4 members (excludes halogenated alkanes) is 1. The van der Waals surface area contributed by atoms with Crippen molar-refractivity contribution in [2.24, 2.45) is 23.2 Å². The van der Waals surface area contributed by atoms with Gasteiger partial charge in [-0.25, -0.2) is 32.0 Å². The molecule has 4 N–H and O–H groups in total. The first-order chi connectivity index (χ1) is 28.6. The summed E-state index contributed by atoms with van der Waals surface area (Å²) in [6.45, 7) is 5.64. The lowest BCUT2D eigenvalue weighted by Crippen LogP contribution is -2.61. The first-order valence-electron chi connectivity index (χ1n) is 20.9. The predicted molar refractivity (Wildman–Crippen MR) is 214 cm³/mol. The number of carbonyl (C=O) groups is 4. The smallest absolute Gasteiger partial charge is 0.405 e. The second kappa shape index (κ2) is 17.7. The number of alkyl halides is 4. The van der Waals surface area contributed by atoms with E-state index >= 15 is 8.78 Å². The number of carbonyl (C=O) groups excluding carboxylic acids is 3. The van der Waals surface area contributed by atoms with Gasteiger partial charge in [0.1, 0.15) is 29.5 Å². The molecule has 0 unspecified atom stereocenters. The molecule has 1 aliphatic heterocycles. The van der Waals surface area contributed by atoms with Crippen LogP contribution in [0.15, 0.2) is 18.2 Å². The molecule has 61 heavy (non-hydrogen) atoms. The Hall–Kier alpha value is -4.49. The monoisotopic (exact) mass is 884 g/mol. The molecule has 6 atom stereocenters. The van der Waals surface area contributed by atoms with Gasteiger partial charge in [0, 0.05) is 18.4 Å². The van der Waals surface area contributed by atoms with Gasteiger partial charge in [-0.1, -0.05) is 72.6 Å². The van der Waals surface area contributed by atoms with Crippen LogP contribution >= 0.6 is 0 Å². The van der Waals surface area contributed by atoms with Crippen molar-refractivity contribution < 1.29 is 59.7 Å². The lowest BCUT2D eigenvalue weighted by Gasteiger charge is -2.35. The molecule has 2 aromatic rings. The molecule has 0 bridgehead atoms. The Bertz CT molecular complexity index is 2100. The number of carboxylic acid groups (broad SMARTS) is 1. The number of sulfonamides is 1. The van der Waals surface area contributed by atoms with Crippen LogP contribution in [0.1, 0.15) is 110 Å². The summed E-state index contributed by atoms with van der Waals surface area (Å²) in [6.07, 6.45) is 0.561. The number of benzene rings is 1. The van der Waals surface area contributed by atoms with E-state index in [0.717, 1.165) is 37.0 Å². The molecule has 1 aromatic carbocycles. The highest BCUT2D eigenvalue weighted by Crippen LogP contribution is 2.49. The molecule has 4 amide bonds. The summed E-state index contributed by atoms with van der Waals surface area (Å²) in [7, 11) is -2.82. The summed E-state index contributed by atoms with van der Waals surface area (Å²) in [5, 5.41) is 13.3. The Labute approximate surface area is 352 Å². The van der Waals surface area contributed by atoms with Gasteiger partial charge in [0.2, 0.25) is 34.1 Å². The number of likely N-dealkylation sites (tertiary alicyclic amines) is 1. The highest BCUT2D eigenvalue weighted by atomic mass is 32.2. The molecule has 4 fully saturated rings. The standard InChI is InChI=1S/C41H56F4N6O9S/c1-22-29(60-35-31(46-27-17-14-24(59-5)19-28(27)47-35)41(44,45)18-10-9-13-23-11-7-6-8-12-23)21-51(36(53)32(39(2,3)4)48-38(55)56)30(22)34(52)49-40(20-26(40)33(42)43)37(54)50-61(57,58)25-15-16-25/h14,17,19,22-23,25-26,29-30,32-33,48H,6-13,15-16,18,20-21H2,1-5H3,(H,49,52)(H,50,54)(H,55,56)/t22-,26+,29+,30+,32-,40-/m1/s1. The van der Waals surface area contributed by atoms with E-state index in [0.29, 0.717) is 18.1 Å². The molecular formula is C41H56F4N6O9S. The zero-order valence-electron chi connectivity index (χ0n) is 35.0. The quantitative estimate of drug-likeness (QED) is 0.109. The minimum atomic E-state index is -4.23. The summed E-state index contributed by atoms with van der Waals surface area (Å²) < 4.78 is 100. The van der Waals surface area contributed by atoms with Gasteiger partial charge in [0.25, 0.3) is 11.8 Å². The molecule has 20 heteroatoms. The summed E-state index contributed by atoms with van der Waals surface area (Å²) in [5.41, 5.74) is -3.97. The number of nitrogens with zero attached hydrogens (tertiary/aromatic N) is 3. The van der Waals surface area contributed by atoms with E-state index < -0.39 is 123 Å². The van der Waals surface area contributed by atoms with E-state index in [1.54, 1.807) is 26.8 Å². The largest absolute Gasteiger partial charge is 0.497 e. The third-order valence-electron chi connectivity index (χ3n) is 12.5. The van der Waals surface area contributed by atoms with Crippen LogP contribution in [0.3, 0.4) is 0 Å². The minimum absolute atomic E-state index is 0.122. The van der Waals surface area contributed by atoms with E-state index in [1.165, 1.54) is 32.6 Å². The third kappa shape index (κ3) is 10.3. The first kappa shape index (κ1) is 46.0. The van der Waals surface area contributed by atoms with Crippen LogP contribution in [-0.4, -0.2) is 101 Å². The molecule has 1 saturated heterocycles. The van der Waals surface area contributed by atoms with E-state index in [2.05, 4.69) is 20.6 Å². The summed E-state index contributed by atoms with van der Waals surface area (Å²) in [5.74, 6) is -9.61. The van der Waals surface area contributed by atoms with Crippen LogP contribution in [0.4, 0.5) is 22.4 Å². The summed E-state index contributed by atoms with van der Waals surface area (Å²) in [4.78, 5) is 63.9. The number of fused-ring (bicyclic) bond motifs is 1. The summed E-state index contributed by atoms with van der Waals surface area (Å²) >= 11 is 0. The van der Waals surface area contributed by atoms with Crippen LogP contribution in [0.25, 0.3) is 11.0 Å². The van der Waals surface area contributed by atoms with Crippen LogP contribution < -0.4 is 24.8 Å². The van der Waals surface area contributed by atoms with E-state index in [4.69, 9.17) is 9.47 Å². The Morgan fingerprint density at radius 2 is 1.70 bits per heavy atom. The molecule has 3 saturated carbocycles. The average molecular weight is 885 g/mol. The van der Waals surface area contributed by atoms with Crippen molar-refractivity contribution in [3.05, 3.63) is 23.9 Å². The minimum Gasteiger partial charge on any atom is -0.497 e. The highest BCUT2D eigenvalue weighted by Gasteiger charge is 2.67. The van der Waals surface area contributed by atoms with Gasteiger partial charge in [-0.15, -0.1) is 0 Å². The zero-order chi connectivity index (χ0) is 44.7. The summed E-state index contributed by atoms with van der Waals surface area (Å²) in [6, 6.07) is 1.35. The third-order valence-corrected chi connectivity index (χ3v) is 14.3. The van der Waals surface area contributed by atoms with Gasteiger partial charge in [0.15, 0.2) is 5.69 Å². The SMILES string of the molecule is COc1ccc2nc(C(F)(F)CCCCC3CCCCC3)c(O[C@H]3CN(C(=O)[C@@H](NC(=O)O)C(C)(C)C)[C@H](C(=O)N[C@]4(C(=O)NS(=O)(=O)C5CC5)C[C@H]4C(F)F)[C@@H]3C)nc2c1. The van der Waals surface area contributed by atoms with Crippen molar-refractivity contribution in [1.29, 1.82) is 0 Å². The fourth-order valence-corrected chi connectivity index (χ4v) is 10.0. The maximum atomic E-state index is 16.4. The van der Waals surface area contributed by atoms with Crippen molar-refractivity contribution in [2.75, 3.05) is 13.7 Å². The van der Waals surface area contributed by atoms with Crippen LogP contribution in [0.5, 0.6) is 11.6 Å². The van der Waals surface area contributed by atoms with Crippen LogP contribution in [0, 0.1) is 23.2 Å². The number of aromatic nitrogens is 2. The van der Waals surface area contributed by atoms with Crippen molar-refractivity contribution >= 4 is 44.9 Å². The van der Waals surface area contributed by atoms with Gasteiger partial charge in [-0.3, -0.25) is 19.1 Å². The maximum Gasteiger partial charge on any atom is 0.405 e. The fraction of sp³-hybridized carbons (Fsp3) is 0.707. The predicted octanol–water partition coefficient (Wildman–Crippen LogP) is 5.90. The Kier molecular flexibility index (Phi) is 13.4. The number of hydrogen-bond donors (Lipinski definition) is 4. The van der Waals surface area contributed by atoms with Crippen LogP contribution in [-0.2, 0) is 30.3 Å². The number of methoxy groups -OCH3 is 1. The fourth-order valence-electron chi connectivity index (χ4n) is 8.66. The van der Waals surface area contributed by atoms with Gasteiger partial charge in [-0.2, -0.15) is 8.78 Å². The number of hydrogen-bond acceptors (Lipinski definition) is 10. The highest BCUT2D eigenvalue weighted by molar-refractivity contribution is 7.91. The lowest BCUT2D eigenvalue weighted by atomic mass is 9.85. The second-order valence-electron chi connectivity index (χ2n) is 18.2. The van der Waals surface area contributed by atoms with Gasteiger partial charge in [0.05, 0.1) is 35.9 Å². The lowest BCUT2D eigenvalue weighted by molar-refractivity contribution is -0.143. The van der Waals surface area contributed by atoms with Crippen molar-refractivity contribution in [3.8, 4) is 11.6 Å². The van der Waals surface area contributed by atoms with Gasteiger partial charge in [-0.05, 0) is 49.1 Å². The van der Waals surface area contributed by atoms with Crippen LogP contribution in [0.2, 0.25) is 0 Å². The molecule has 4 aliphatic rings. The Morgan fingerprint density at radius 1 is 1.02 bits per heavy atom. The van der Waals surface area contributed by atoms with Crippen molar-refractivity contribution in [1.82, 2.24) is 30.2 Å². The van der Waals surface area contributed by atoms with E-state index in [9.17, 15) is 41.5 Å². The Balaban J connectivity index is 1.33. The second-order valence-corrected chi connectivity index (χ2v) is 20.1. The van der Waals surface area contributed by atoms with Gasteiger partial charge >= 0.3 is 6.09 Å². The van der Waals surface area contributed by atoms with E-state index in [-0.39, 0.29) is 30.3 Å². The number of amides is 4. The molecule has 3 aliphatic carbocycles. The van der Waals surface area contributed by atoms with Crippen molar-refractivity contribution in [3.63, 3.8) is 0 Å². The molecular weight excluding hydrogens is 829 g/mol. The molecule has 0 radical (unpaired) electrons. The Morgan fingerprint density at radius 3 is 2.30 bits per heavy atom. The topological polar surface area (TPSA) is 206 Å². The van der Waals surface area contributed by atoms with Gasteiger partial charge < -0.3 is 30.1 Å². The molecule has 15 nitrogen and oxygen atoms in total. The number of halogens is 4. The zero-order valence-corrected chi connectivity index (χ0v) is 35.8.